The largest absolute Gasteiger partial charge is 0.380 e. The van der Waals surface area contributed by atoms with E-state index in [0.29, 0.717) is 6.61 Å². The first kappa shape index (κ1) is 15.3. The van der Waals surface area contributed by atoms with Crippen molar-refractivity contribution in [3.63, 3.8) is 0 Å². The van der Waals surface area contributed by atoms with Crippen LogP contribution in [-0.2, 0) is 11.3 Å². The second kappa shape index (κ2) is 7.07. The van der Waals surface area contributed by atoms with Gasteiger partial charge >= 0.3 is 0 Å². The minimum atomic E-state index is 0.569. The maximum Gasteiger partial charge on any atom is 0.0687 e. The molecule has 3 nitrogen and oxygen atoms in total. The van der Waals surface area contributed by atoms with E-state index in [2.05, 4.69) is 46.6 Å². The second-order valence-corrected chi connectivity index (χ2v) is 5.51. The molecule has 3 rings (SSSR count). The summed E-state index contributed by atoms with van der Waals surface area (Å²) in [6, 6.07) is 18.3. The van der Waals surface area contributed by atoms with Gasteiger partial charge in [-0.25, -0.2) is 0 Å². The average Bonchev–Trinajstić information content (AvgIpc) is 2.92. The minimum Gasteiger partial charge on any atom is -0.380 e. The van der Waals surface area contributed by atoms with E-state index in [-0.39, 0.29) is 0 Å². The number of para-hydroxylation sites is 2. The Morgan fingerprint density at radius 3 is 2.65 bits per heavy atom. The number of nitrogens with zero attached hydrogens (tertiary/aromatic N) is 2. The van der Waals surface area contributed by atoms with Crippen LogP contribution in [0.15, 0.2) is 77.9 Å². The van der Waals surface area contributed by atoms with Crippen molar-refractivity contribution in [1.82, 2.24) is 4.57 Å². The van der Waals surface area contributed by atoms with Gasteiger partial charge in [0.05, 0.1) is 12.3 Å². The molecule has 3 heteroatoms. The molecule has 2 aromatic carbocycles. The first-order valence-electron chi connectivity index (χ1n) is 7.60. The van der Waals surface area contributed by atoms with Gasteiger partial charge in [-0.2, -0.15) is 0 Å². The van der Waals surface area contributed by atoms with Crippen molar-refractivity contribution >= 4 is 22.8 Å². The van der Waals surface area contributed by atoms with E-state index in [1.165, 1.54) is 10.9 Å². The molecule has 0 fully saturated rings. The molecule has 1 aromatic heterocycles. The number of aromatic nitrogens is 1. The lowest BCUT2D eigenvalue weighted by Gasteiger charge is -2.07. The summed E-state index contributed by atoms with van der Waals surface area (Å²) in [5.41, 5.74) is 4.28. The lowest BCUT2D eigenvalue weighted by atomic mass is 10.2. The summed E-state index contributed by atoms with van der Waals surface area (Å²) in [6.45, 7) is 5.38. The Bertz CT molecular complexity index is 831. The number of rotatable bonds is 6. The molecule has 0 aliphatic rings. The van der Waals surface area contributed by atoms with Gasteiger partial charge < -0.3 is 9.30 Å². The smallest absolute Gasteiger partial charge is 0.0687 e. The normalized spacial score (nSPS) is 11.3. The number of aliphatic imine (C=N–C) groups is 1. The third kappa shape index (κ3) is 3.58. The zero-order valence-electron chi connectivity index (χ0n) is 13.3. The lowest BCUT2D eigenvalue weighted by molar-refractivity contribution is 0.222. The lowest BCUT2D eigenvalue weighted by Crippen LogP contribution is -2.03. The number of methoxy groups -OCH3 is 1. The van der Waals surface area contributed by atoms with Gasteiger partial charge in [0, 0.05) is 42.5 Å². The molecule has 0 N–H and O–H groups in total. The molecule has 116 valence electrons. The number of hydrogen-bond donors (Lipinski definition) is 0. The van der Waals surface area contributed by atoms with Crippen LogP contribution in [-0.4, -0.2) is 24.5 Å². The fourth-order valence-electron chi connectivity index (χ4n) is 2.66. The van der Waals surface area contributed by atoms with Crippen LogP contribution < -0.4 is 0 Å². The molecular formula is C20H20N2O. The molecule has 0 atom stereocenters. The highest BCUT2D eigenvalue weighted by molar-refractivity contribution is 6.00. The van der Waals surface area contributed by atoms with Crippen molar-refractivity contribution < 1.29 is 4.74 Å². The number of ether oxygens (including phenoxy) is 1. The standard InChI is InChI=1S/C20H20N2O/c1-16(15-23-2)13-22-14-17(19-10-6-7-11-20(19)22)12-21-18-8-4-3-5-9-18/h3-12,14H,1,13,15H2,2H3. The Kier molecular flexibility index (Phi) is 4.69. The molecule has 0 saturated carbocycles. The van der Waals surface area contributed by atoms with Gasteiger partial charge in [0.1, 0.15) is 0 Å². The molecule has 1 heterocycles. The molecule has 0 aliphatic carbocycles. The van der Waals surface area contributed by atoms with Crippen molar-refractivity contribution in [3.8, 4) is 0 Å². The molecule has 0 amide bonds. The van der Waals surface area contributed by atoms with E-state index in [4.69, 9.17) is 4.74 Å². The minimum absolute atomic E-state index is 0.569. The topological polar surface area (TPSA) is 26.5 Å². The number of hydrogen-bond acceptors (Lipinski definition) is 2. The summed E-state index contributed by atoms with van der Waals surface area (Å²) < 4.78 is 7.36. The monoisotopic (exact) mass is 304 g/mol. The van der Waals surface area contributed by atoms with E-state index in [0.717, 1.165) is 23.4 Å². The van der Waals surface area contributed by atoms with E-state index < -0.39 is 0 Å². The van der Waals surface area contributed by atoms with Crippen LogP contribution in [0.25, 0.3) is 10.9 Å². The molecular weight excluding hydrogens is 284 g/mol. The van der Waals surface area contributed by atoms with Crippen LogP contribution in [0.4, 0.5) is 5.69 Å². The SMILES string of the molecule is C=C(COC)Cn1cc(C=Nc2ccccc2)c2ccccc21. The van der Waals surface area contributed by atoms with Crippen LogP contribution >= 0.6 is 0 Å². The Morgan fingerprint density at radius 1 is 1.13 bits per heavy atom. The zero-order chi connectivity index (χ0) is 16.1. The first-order valence-corrected chi connectivity index (χ1v) is 7.60. The predicted molar refractivity (Wildman–Crippen MR) is 96.7 cm³/mol. The quantitative estimate of drug-likeness (QED) is 0.483. The Morgan fingerprint density at radius 2 is 1.87 bits per heavy atom. The molecule has 0 unspecified atom stereocenters. The highest BCUT2D eigenvalue weighted by Crippen LogP contribution is 2.22. The van der Waals surface area contributed by atoms with Gasteiger partial charge in [0.2, 0.25) is 0 Å². The van der Waals surface area contributed by atoms with Gasteiger partial charge in [-0.05, 0) is 23.8 Å². The van der Waals surface area contributed by atoms with E-state index in [1.807, 2.05) is 36.5 Å². The zero-order valence-corrected chi connectivity index (χ0v) is 13.3. The van der Waals surface area contributed by atoms with Crippen LogP contribution in [0.2, 0.25) is 0 Å². The number of benzene rings is 2. The summed E-state index contributed by atoms with van der Waals surface area (Å²) in [4.78, 5) is 4.57. The van der Waals surface area contributed by atoms with E-state index >= 15 is 0 Å². The summed E-state index contributed by atoms with van der Waals surface area (Å²) in [6.07, 6.45) is 4.05. The van der Waals surface area contributed by atoms with Gasteiger partial charge in [0.15, 0.2) is 0 Å². The van der Waals surface area contributed by atoms with Gasteiger partial charge in [-0.15, -0.1) is 0 Å². The van der Waals surface area contributed by atoms with Crippen molar-refractivity contribution in [3.05, 3.63) is 78.5 Å². The maximum atomic E-state index is 5.16. The van der Waals surface area contributed by atoms with Crippen molar-refractivity contribution in [2.24, 2.45) is 4.99 Å². The van der Waals surface area contributed by atoms with Crippen LogP contribution in [0, 0.1) is 0 Å². The summed E-state index contributed by atoms with van der Waals surface area (Å²) in [5.74, 6) is 0. The van der Waals surface area contributed by atoms with Gasteiger partial charge in [-0.3, -0.25) is 4.99 Å². The Balaban J connectivity index is 1.94. The molecule has 23 heavy (non-hydrogen) atoms. The van der Waals surface area contributed by atoms with E-state index in [1.54, 1.807) is 7.11 Å². The predicted octanol–water partition coefficient (Wildman–Crippen LogP) is 4.59. The molecule has 0 radical (unpaired) electrons. The fraction of sp³-hybridized carbons (Fsp3) is 0.150. The van der Waals surface area contributed by atoms with Crippen molar-refractivity contribution in [2.45, 2.75) is 6.54 Å². The number of fused-ring (bicyclic) bond motifs is 1. The van der Waals surface area contributed by atoms with Crippen LogP contribution in [0.5, 0.6) is 0 Å². The Hall–Kier alpha value is -2.65. The highest BCUT2D eigenvalue weighted by atomic mass is 16.5. The van der Waals surface area contributed by atoms with Crippen molar-refractivity contribution in [2.75, 3.05) is 13.7 Å². The second-order valence-electron chi connectivity index (χ2n) is 5.51. The Labute approximate surface area is 136 Å². The van der Waals surface area contributed by atoms with Gasteiger partial charge in [-0.1, -0.05) is 43.0 Å². The third-order valence-corrected chi connectivity index (χ3v) is 3.67. The maximum absolute atomic E-state index is 5.16. The van der Waals surface area contributed by atoms with Crippen molar-refractivity contribution in [1.29, 1.82) is 0 Å². The molecule has 0 bridgehead atoms. The summed E-state index contributed by atoms with van der Waals surface area (Å²) >= 11 is 0. The third-order valence-electron chi connectivity index (χ3n) is 3.67. The highest BCUT2D eigenvalue weighted by Gasteiger charge is 2.07. The first-order chi connectivity index (χ1) is 11.3. The van der Waals surface area contributed by atoms with E-state index in [9.17, 15) is 0 Å². The average molecular weight is 304 g/mol. The van der Waals surface area contributed by atoms with Crippen LogP contribution in [0.3, 0.4) is 0 Å². The molecule has 0 saturated heterocycles. The van der Waals surface area contributed by atoms with Crippen LogP contribution in [0.1, 0.15) is 5.56 Å². The molecule has 3 aromatic rings. The molecule has 0 aliphatic heterocycles. The molecule has 0 spiro atoms. The van der Waals surface area contributed by atoms with Gasteiger partial charge in [0.25, 0.3) is 0 Å². The summed E-state index contributed by atoms with van der Waals surface area (Å²) in [5, 5.41) is 1.19. The fourth-order valence-corrected chi connectivity index (χ4v) is 2.66. The summed E-state index contributed by atoms with van der Waals surface area (Å²) in [7, 11) is 1.69.